The van der Waals surface area contributed by atoms with Crippen LogP contribution in [0.2, 0.25) is 0 Å². The van der Waals surface area contributed by atoms with Gasteiger partial charge < -0.3 is 10.6 Å². The number of unbranched alkanes of at least 4 members (excludes halogenated alkanes) is 7. The van der Waals surface area contributed by atoms with Crippen LogP contribution in [0, 0.1) is 0 Å². The number of hydrogen-bond donors (Lipinski definition) is 2. The molecule has 7 heteroatoms. The molecular formula is C17H35IN6. The minimum atomic E-state index is 0. The van der Waals surface area contributed by atoms with Gasteiger partial charge in [0, 0.05) is 20.1 Å². The Morgan fingerprint density at radius 1 is 1.04 bits per heavy atom. The van der Waals surface area contributed by atoms with E-state index in [2.05, 4.69) is 39.6 Å². The van der Waals surface area contributed by atoms with Crippen LogP contribution in [0.15, 0.2) is 11.3 Å². The lowest BCUT2D eigenvalue weighted by atomic mass is 10.1. The molecule has 0 aliphatic rings. The number of guanidine groups is 1. The molecule has 0 saturated heterocycles. The zero-order chi connectivity index (χ0) is 16.8. The number of halogens is 1. The zero-order valence-electron chi connectivity index (χ0n) is 15.6. The van der Waals surface area contributed by atoms with Crippen molar-refractivity contribution >= 4 is 29.9 Å². The molecule has 0 radical (unpaired) electrons. The average molecular weight is 450 g/mol. The van der Waals surface area contributed by atoms with Crippen molar-refractivity contribution in [1.82, 2.24) is 25.4 Å². The fraction of sp³-hybridized carbons (Fsp3) is 0.824. The van der Waals surface area contributed by atoms with Gasteiger partial charge in [0.1, 0.15) is 18.7 Å². The van der Waals surface area contributed by atoms with Crippen molar-refractivity contribution in [2.75, 3.05) is 13.1 Å². The quantitative estimate of drug-likeness (QED) is 0.221. The molecule has 1 aromatic rings. The van der Waals surface area contributed by atoms with E-state index in [1.807, 2.05) is 7.05 Å². The van der Waals surface area contributed by atoms with Crippen LogP contribution in [0.1, 0.15) is 71.0 Å². The summed E-state index contributed by atoms with van der Waals surface area (Å²) < 4.78 is 1.76. The molecule has 1 heterocycles. The van der Waals surface area contributed by atoms with Crippen LogP contribution in [-0.2, 0) is 13.6 Å². The van der Waals surface area contributed by atoms with E-state index in [4.69, 9.17) is 0 Å². The summed E-state index contributed by atoms with van der Waals surface area (Å²) in [5, 5.41) is 10.7. The normalized spacial score (nSPS) is 11.2. The summed E-state index contributed by atoms with van der Waals surface area (Å²) in [6.45, 7) is 6.72. The number of rotatable bonds is 12. The Morgan fingerprint density at radius 3 is 2.29 bits per heavy atom. The maximum Gasteiger partial charge on any atom is 0.191 e. The molecule has 0 fully saturated rings. The van der Waals surface area contributed by atoms with Crippen molar-refractivity contribution in [3.63, 3.8) is 0 Å². The zero-order valence-corrected chi connectivity index (χ0v) is 17.9. The van der Waals surface area contributed by atoms with Gasteiger partial charge in [-0.05, 0) is 13.3 Å². The summed E-state index contributed by atoms with van der Waals surface area (Å²) in [4.78, 5) is 8.74. The van der Waals surface area contributed by atoms with Gasteiger partial charge in [-0.2, -0.15) is 5.10 Å². The minimum Gasteiger partial charge on any atom is -0.357 e. The topological polar surface area (TPSA) is 67.1 Å². The van der Waals surface area contributed by atoms with Crippen LogP contribution in [0.25, 0.3) is 0 Å². The van der Waals surface area contributed by atoms with Gasteiger partial charge >= 0.3 is 0 Å². The predicted molar refractivity (Wildman–Crippen MR) is 112 cm³/mol. The summed E-state index contributed by atoms with van der Waals surface area (Å²) in [5.74, 6) is 1.73. The molecule has 0 aromatic carbocycles. The first-order valence-corrected chi connectivity index (χ1v) is 9.13. The molecule has 0 aliphatic heterocycles. The Labute approximate surface area is 164 Å². The van der Waals surface area contributed by atoms with Crippen molar-refractivity contribution in [2.45, 2.75) is 71.8 Å². The lowest BCUT2D eigenvalue weighted by Gasteiger charge is -2.11. The van der Waals surface area contributed by atoms with Gasteiger partial charge in [0.25, 0.3) is 0 Å². The second-order valence-corrected chi connectivity index (χ2v) is 5.90. The summed E-state index contributed by atoms with van der Waals surface area (Å²) in [5.41, 5.74) is 0. The highest BCUT2D eigenvalue weighted by Crippen LogP contribution is 2.07. The summed E-state index contributed by atoms with van der Waals surface area (Å²) in [7, 11) is 1.89. The number of aryl methyl sites for hydroxylation is 1. The second kappa shape index (κ2) is 15.7. The van der Waals surface area contributed by atoms with Gasteiger partial charge in [-0.1, -0.05) is 51.9 Å². The standard InChI is InChI=1S/C17H34N6.HI/c1-4-6-7-8-9-10-11-12-13-19-17(18-5-2)20-14-16-21-15-22-23(16)3;/h15H,4-14H2,1-3H3,(H2,18,19,20);1H. The van der Waals surface area contributed by atoms with Crippen LogP contribution < -0.4 is 10.6 Å². The third-order valence-electron chi connectivity index (χ3n) is 3.85. The third kappa shape index (κ3) is 10.8. The number of aliphatic imine (C=N–C) groups is 1. The van der Waals surface area contributed by atoms with Crippen LogP contribution in [0.4, 0.5) is 0 Å². The summed E-state index contributed by atoms with van der Waals surface area (Å²) in [6, 6.07) is 0. The highest BCUT2D eigenvalue weighted by Gasteiger charge is 2.01. The Balaban J connectivity index is 0.00000529. The first-order chi connectivity index (χ1) is 11.3. The van der Waals surface area contributed by atoms with Crippen molar-refractivity contribution in [3.05, 3.63) is 12.2 Å². The Kier molecular flexibility index (Phi) is 15.1. The molecule has 140 valence electrons. The lowest BCUT2D eigenvalue weighted by Crippen LogP contribution is -2.37. The lowest BCUT2D eigenvalue weighted by molar-refractivity contribution is 0.571. The molecule has 2 N–H and O–H groups in total. The largest absolute Gasteiger partial charge is 0.357 e. The van der Waals surface area contributed by atoms with Gasteiger partial charge in [-0.15, -0.1) is 24.0 Å². The monoisotopic (exact) mass is 450 g/mol. The Hall–Kier alpha value is -0.860. The van der Waals surface area contributed by atoms with E-state index in [0.717, 1.165) is 24.9 Å². The number of nitrogens with zero attached hydrogens (tertiary/aromatic N) is 4. The predicted octanol–water partition coefficient (Wildman–Crippen LogP) is 3.63. The van der Waals surface area contributed by atoms with Crippen LogP contribution in [0.5, 0.6) is 0 Å². The number of hydrogen-bond acceptors (Lipinski definition) is 3. The maximum atomic E-state index is 4.56. The van der Waals surface area contributed by atoms with Crippen molar-refractivity contribution in [3.8, 4) is 0 Å². The van der Waals surface area contributed by atoms with E-state index in [9.17, 15) is 0 Å². The molecular weight excluding hydrogens is 415 g/mol. The molecule has 24 heavy (non-hydrogen) atoms. The molecule has 0 spiro atoms. The van der Waals surface area contributed by atoms with Crippen molar-refractivity contribution in [1.29, 1.82) is 0 Å². The van der Waals surface area contributed by atoms with Gasteiger partial charge in [0.2, 0.25) is 0 Å². The highest BCUT2D eigenvalue weighted by atomic mass is 127. The second-order valence-electron chi connectivity index (χ2n) is 5.90. The van der Waals surface area contributed by atoms with Crippen molar-refractivity contribution in [2.24, 2.45) is 12.0 Å². The molecule has 1 rings (SSSR count). The van der Waals surface area contributed by atoms with Crippen LogP contribution in [-0.4, -0.2) is 33.8 Å². The fourth-order valence-corrected chi connectivity index (χ4v) is 2.42. The molecule has 0 saturated carbocycles. The molecule has 0 bridgehead atoms. The van der Waals surface area contributed by atoms with Crippen molar-refractivity contribution < 1.29 is 0 Å². The van der Waals surface area contributed by atoms with E-state index in [1.54, 1.807) is 11.0 Å². The van der Waals surface area contributed by atoms with Gasteiger partial charge in [0.05, 0.1) is 0 Å². The van der Waals surface area contributed by atoms with Crippen LogP contribution >= 0.6 is 24.0 Å². The SMILES string of the molecule is CCCCCCCCCCNC(=NCc1ncnn1C)NCC.I. The molecule has 0 amide bonds. The van der Waals surface area contributed by atoms with Crippen LogP contribution in [0.3, 0.4) is 0 Å². The van der Waals surface area contributed by atoms with E-state index in [0.29, 0.717) is 6.54 Å². The number of nitrogens with one attached hydrogen (secondary N) is 2. The summed E-state index contributed by atoms with van der Waals surface area (Å²) in [6.07, 6.45) is 12.3. The first-order valence-electron chi connectivity index (χ1n) is 9.13. The maximum absolute atomic E-state index is 4.56. The fourth-order valence-electron chi connectivity index (χ4n) is 2.42. The third-order valence-corrected chi connectivity index (χ3v) is 3.85. The summed E-state index contributed by atoms with van der Waals surface area (Å²) >= 11 is 0. The van der Waals surface area contributed by atoms with E-state index < -0.39 is 0 Å². The minimum absolute atomic E-state index is 0. The Morgan fingerprint density at radius 2 is 1.71 bits per heavy atom. The molecule has 0 aliphatic carbocycles. The molecule has 0 atom stereocenters. The molecule has 1 aromatic heterocycles. The smallest absolute Gasteiger partial charge is 0.191 e. The van der Waals surface area contributed by atoms with E-state index in [1.165, 1.54) is 51.4 Å². The Bertz CT molecular complexity index is 432. The van der Waals surface area contributed by atoms with Gasteiger partial charge in [0.15, 0.2) is 5.96 Å². The average Bonchev–Trinajstić information content (AvgIpc) is 2.96. The van der Waals surface area contributed by atoms with E-state index in [-0.39, 0.29) is 24.0 Å². The number of aromatic nitrogens is 3. The van der Waals surface area contributed by atoms with Gasteiger partial charge in [-0.25, -0.2) is 9.98 Å². The first kappa shape index (κ1) is 23.1. The molecule has 0 unspecified atom stereocenters. The van der Waals surface area contributed by atoms with Gasteiger partial charge in [-0.3, -0.25) is 4.68 Å². The molecule has 6 nitrogen and oxygen atoms in total. The van der Waals surface area contributed by atoms with E-state index >= 15 is 0 Å². The highest BCUT2D eigenvalue weighted by molar-refractivity contribution is 14.0.